The Balaban J connectivity index is 2.37. The van der Waals surface area contributed by atoms with Crippen LogP contribution in [0.15, 0.2) is 66.3 Å². The zero-order chi connectivity index (χ0) is 53.6. The Bertz CT molecular complexity index is 2110. The second-order valence-electron chi connectivity index (χ2n) is 15.7. The van der Waals surface area contributed by atoms with E-state index in [9.17, 15) is 84.2 Å². The standard InChI is InChI=1S/C40H43F19N2O7Si/c1-21(2)69(22(3)4,18-15-33(43,44)34(45,46)35(47,48)36(49,50)37(51,52)38(53,54)39(55,56)40(57,58)59)67-17-16-66-26-11-8-24(9-12-26)31(29(65-6)14-7-23(5)19-30(62)61-64)68-32(63)60-28-13-10-25(41)20-27(28)42/h7-14,19-22,29,31,64H,15-18H2,1-6H3,(H,60,63)(H,61,62)/b14-7+,23-19+/t29-,31-/m1/s1. The molecule has 0 heterocycles. The zero-order valence-corrected chi connectivity index (χ0v) is 37.5. The molecule has 0 unspecified atom stereocenters. The number of alkyl halides is 17. The Morgan fingerprint density at radius 3 is 1.70 bits per heavy atom. The van der Waals surface area contributed by atoms with Crippen LogP contribution in [-0.2, 0) is 18.7 Å². The number of hydrogen-bond acceptors (Lipinski definition) is 7. The molecule has 0 saturated heterocycles. The van der Waals surface area contributed by atoms with Gasteiger partial charge in [-0.1, -0.05) is 52.0 Å². The maximum atomic E-state index is 15.0. The molecule has 392 valence electrons. The molecule has 2 aromatic carbocycles. The van der Waals surface area contributed by atoms with Crippen molar-refractivity contribution in [1.82, 2.24) is 5.48 Å². The smallest absolute Gasteiger partial charge is 0.460 e. The highest BCUT2D eigenvalue weighted by atomic mass is 28.4. The minimum absolute atomic E-state index is 0.0108. The number of nitrogens with one attached hydrogen (secondary N) is 2. The maximum absolute atomic E-state index is 15.0. The number of benzene rings is 2. The second-order valence-corrected chi connectivity index (χ2v) is 20.7. The van der Waals surface area contributed by atoms with E-state index in [1.807, 2.05) is 0 Å². The van der Waals surface area contributed by atoms with Crippen molar-refractivity contribution in [2.75, 3.05) is 25.6 Å². The van der Waals surface area contributed by atoms with Gasteiger partial charge >= 0.3 is 53.7 Å². The predicted molar refractivity (Wildman–Crippen MR) is 207 cm³/mol. The van der Waals surface area contributed by atoms with Crippen LogP contribution >= 0.6 is 0 Å². The first-order valence-corrected chi connectivity index (χ1v) is 21.9. The maximum Gasteiger partial charge on any atom is 0.460 e. The Hall–Kier alpha value is -4.77. The number of carbonyl (C=O) groups is 2. The first-order chi connectivity index (χ1) is 31.3. The summed E-state index contributed by atoms with van der Waals surface area (Å²) in [6.45, 7) is 5.40. The van der Waals surface area contributed by atoms with Crippen LogP contribution in [0.2, 0.25) is 17.1 Å². The molecule has 2 amide bonds. The summed E-state index contributed by atoms with van der Waals surface area (Å²) in [7, 11) is -2.90. The molecule has 2 rings (SSSR count). The van der Waals surface area contributed by atoms with Crippen molar-refractivity contribution in [3.63, 3.8) is 0 Å². The fraction of sp³-hybridized carbons (Fsp3) is 0.550. The van der Waals surface area contributed by atoms with E-state index in [1.165, 1.54) is 83.6 Å². The third-order valence-electron chi connectivity index (χ3n) is 10.5. The molecule has 9 nitrogen and oxygen atoms in total. The number of anilines is 1. The van der Waals surface area contributed by atoms with E-state index in [4.69, 9.17) is 23.8 Å². The zero-order valence-electron chi connectivity index (χ0n) is 36.5. The highest BCUT2D eigenvalue weighted by Crippen LogP contribution is 2.64. The van der Waals surface area contributed by atoms with Crippen molar-refractivity contribution in [3.8, 4) is 5.75 Å². The lowest BCUT2D eigenvalue weighted by Crippen LogP contribution is -2.74. The van der Waals surface area contributed by atoms with Gasteiger partial charge in [0.2, 0.25) is 0 Å². The van der Waals surface area contributed by atoms with Crippen LogP contribution in [0.1, 0.15) is 52.7 Å². The summed E-state index contributed by atoms with van der Waals surface area (Å²) in [5.41, 5.74) is -0.606. The monoisotopic (exact) mass is 1050 g/mol. The van der Waals surface area contributed by atoms with Gasteiger partial charge in [-0.2, -0.15) is 74.6 Å². The number of halogens is 19. The molecule has 0 aromatic heterocycles. The van der Waals surface area contributed by atoms with Crippen LogP contribution < -0.4 is 15.5 Å². The molecule has 0 saturated carbocycles. The number of rotatable bonds is 24. The Morgan fingerprint density at radius 1 is 0.725 bits per heavy atom. The molecule has 69 heavy (non-hydrogen) atoms. The fourth-order valence-corrected chi connectivity index (χ4v) is 11.0. The van der Waals surface area contributed by atoms with Gasteiger partial charge in [0.05, 0.1) is 12.3 Å². The van der Waals surface area contributed by atoms with E-state index >= 15 is 8.78 Å². The number of ether oxygens (including phenoxy) is 3. The largest absolute Gasteiger partial charge is 0.491 e. The predicted octanol–water partition coefficient (Wildman–Crippen LogP) is 12.8. The molecule has 0 spiro atoms. The van der Waals surface area contributed by atoms with Crippen molar-refractivity contribution < 1.29 is 117 Å². The SMILES string of the molecule is CO[C@H](/C=C/C(C)=C/C(=O)NO)[C@H](OC(=O)Nc1ccc(F)cc1F)c1ccc(OCCO[Si](CCC(F)(F)C(F)(F)C(F)(F)C(F)(F)C(F)(F)C(F)(F)C(F)(F)C(F)(F)F)(C(C)C)C(C)C)cc1. The van der Waals surface area contributed by atoms with Crippen LogP contribution in [0.5, 0.6) is 5.75 Å². The topological polar surface area (TPSA) is 115 Å². The highest BCUT2D eigenvalue weighted by Gasteiger charge is 2.95. The molecule has 29 heteroatoms. The average Bonchev–Trinajstić information content (AvgIpc) is 3.23. The number of hydrogen-bond donors (Lipinski definition) is 3. The Morgan fingerprint density at radius 2 is 1.23 bits per heavy atom. The van der Waals surface area contributed by atoms with Crippen molar-refractivity contribution in [1.29, 1.82) is 0 Å². The minimum Gasteiger partial charge on any atom is -0.491 e. The van der Waals surface area contributed by atoms with E-state index in [1.54, 1.807) is 0 Å². The number of carbonyl (C=O) groups excluding carboxylic acids is 2. The van der Waals surface area contributed by atoms with E-state index in [-0.39, 0.29) is 16.9 Å². The third-order valence-corrected chi connectivity index (χ3v) is 16.2. The summed E-state index contributed by atoms with van der Waals surface area (Å²) in [5, 5.41) is 10.9. The van der Waals surface area contributed by atoms with Crippen LogP contribution in [-0.4, -0.2) is 99.6 Å². The van der Waals surface area contributed by atoms with Crippen LogP contribution in [0.3, 0.4) is 0 Å². The van der Waals surface area contributed by atoms with Gasteiger partial charge in [0.25, 0.3) is 5.91 Å². The summed E-state index contributed by atoms with van der Waals surface area (Å²) in [4.78, 5) is 24.4. The molecule has 2 atom stereocenters. The Labute approximate surface area is 381 Å². The molecule has 0 radical (unpaired) electrons. The molecular weight excluding hydrogens is 1010 g/mol. The van der Waals surface area contributed by atoms with E-state index in [2.05, 4.69) is 5.32 Å². The first kappa shape index (κ1) is 60.3. The van der Waals surface area contributed by atoms with Gasteiger partial charge in [0, 0.05) is 25.7 Å². The molecule has 0 fully saturated rings. The first-order valence-electron chi connectivity index (χ1n) is 19.6. The van der Waals surface area contributed by atoms with Crippen LogP contribution in [0.25, 0.3) is 0 Å². The molecule has 2 aromatic rings. The summed E-state index contributed by atoms with van der Waals surface area (Å²) in [5.74, 6) is -60.1. The average molecular weight is 1050 g/mol. The van der Waals surface area contributed by atoms with E-state index in [0.29, 0.717) is 6.07 Å². The lowest BCUT2D eigenvalue weighted by molar-refractivity contribution is -0.461. The normalized spacial score (nSPS) is 15.2. The van der Waals surface area contributed by atoms with Crippen molar-refractivity contribution in [2.45, 2.75) is 118 Å². The lowest BCUT2D eigenvalue weighted by atomic mass is 9.88. The summed E-state index contributed by atoms with van der Waals surface area (Å²) >= 11 is 0. The highest BCUT2D eigenvalue weighted by molar-refractivity contribution is 6.76. The quantitative estimate of drug-likeness (QED) is 0.0182. The summed E-state index contributed by atoms with van der Waals surface area (Å²) < 4.78 is 286. The van der Waals surface area contributed by atoms with Gasteiger partial charge in [0.15, 0.2) is 14.4 Å². The van der Waals surface area contributed by atoms with Gasteiger partial charge < -0.3 is 18.6 Å². The van der Waals surface area contributed by atoms with Gasteiger partial charge in [-0.25, -0.2) is 19.1 Å². The second kappa shape index (κ2) is 22.1. The lowest BCUT2D eigenvalue weighted by Gasteiger charge is -2.44. The Kier molecular flexibility index (Phi) is 19.3. The third kappa shape index (κ3) is 12.6. The minimum atomic E-state index is -8.73. The molecule has 0 aliphatic carbocycles. The van der Waals surface area contributed by atoms with Gasteiger partial charge in [-0.05, 0) is 59.5 Å². The molecule has 0 aliphatic heterocycles. The molecular formula is C40H43F19N2O7Si. The summed E-state index contributed by atoms with van der Waals surface area (Å²) in [6, 6.07) is 5.93. The number of allylic oxidation sites excluding steroid dienone is 2. The van der Waals surface area contributed by atoms with Gasteiger partial charge in [-0.3, -0.25) is 15.3 Å². The van der Waals surface area contributed by atoms with Crippen molar-refractivity contribution >= 4 is 26.0 Å². The molecule has 3 N–H and O–H groups in total. The van der Waals surface area contributed by atoms with Crippen LogP contribution in [0, 0.1) is 11.6 Å². The fourth-order valence-electron chi connectivity index (χ4n) is 6.51. The van der Waals surface area contributed by atoms with E-state index in [0.717, 1.165) is 18.2 Å². The van der Waals surface area contributed by atoms with Crippen LogP contribution in [0.4, 0.5) is 93.9 Å². The van der Waals surface area contributed by atoms with Crippen molar-refractivity contribution in [2.24, 2.45) is 0 Å². The van der Waals surface area contributed by atoms with Gasteiger partial charge in [0.1, 0.15) is 30.1 Å². The van der Waals surface area contributed by atoms with Gasteiger partial charge in [-0.15, -0.1) is 0 Å². The van der Waals surface area contributed by atoms with Crippen molar-refractivity contribution in [3.05, 3.63) is 83.5 Å². The number of methoxy groups -OCH3 is 1. The van der Waals surface area contributed by atoms with E-state index < -0.39 is 134 Å². The molecule has 0 bridgehead atoms. The number of hydroxylamine groups is 1. The summed E-state index contributed by atoms with van der Waals surface area (Å²) in [6.07, 6.45) is -10.7. The molecule has 0 aliphatic rings. The number of amides is 2.